The molecule has 0 aliphatic heterocycles. The van der Waals surface area contributed by atoms with Gasteiger partial charge >= 0.3 is 0 Å². The lowest BCUT2D eigenvalue weighted by Crippen LogP contribution is -2.16. The zero-order chi connectivity index (χ0) is 14.4. The first-order valence-corrected chi connectivity index (χ1v) is 6.63. The lowest BCUT2D eigenvalue weighted by Gasteiger charge is -2.07. The van der Waals surface area contributed by atoms with Gasteiger partial charge in [0.1, 0.15) is 11.6 Å². The van der Waals surface area contributed by atoms with E-state index in [1.54, 1.807) is 30.3 Å². The number of pyridine rings is 1. The van der Waals surface area contributed by atoms with Gasteiger partial charge in [0, 0.05) is 10.7 Å². The summed E-state index contributed by atoms with van der Waals surface area (Å²) in [6.07, 6.45) is 0.262. The average molecular weight is 291 g/mol. The number of hydrogen-bond donors (Lipinski definition) is 1. The molecule has 0 spiro atoms. The Labute approximate surface area is 122 Å². The summed E-state index contributed by atoms with van der Waals surface area (Å²) in [5, 5.41) is 3.38. The van der Waals surface area contributed by atoms with Crippen molar-refractivity contribution in [1.29, 1.82) is 0 Å². The molecule has 5 heteroatoms. The number of nitrogens with one attached hydrogen (secondary N) is 1. The zero-order valence-corrected chi connectivity index (χ0v) is 11.9. The number of hydrogen-bond acceptors (Lipinski definition) is 3. The van der Waals surface area contributed by atoms with Crippen molar-refractivity contribution in [3.63, 3.8) is 0 Å². The molecule has 0 unspecified atom stereocenters. The molecule has 0 saturated heterocycles. The quantitative estimate of drug-likeness (QED) is 0.917. The molecule has 0 fully saturated rings. The van der Waals surface area contributed by atoms with Crippen LogP contribution < -0.4 is 10.1 Å². The lowest BCUT2D eigenvalue weighted by molar-refractivity contribution is -0.116. The Hall–Kier alpha value is -2.07. The Morgan fingerprint density at radius 1 is 1.25 bits per heavy atom. The Morgan fingerprint density at radius 2 is 2.00 bits per heavy atom. The average Bonchev–Trinajstić information content (AvgIpc) is 2.41. The van der Waals surface area contributed by atoms with E-state index in [2.05, 4.69) is 10.3 Å². The molecule has 0 aliphatic rings. The highest BCUT2D eigenvalue weighted by molar-refractivity contribution is 6.30. The molecular formula is C15H15ClN2O2. The molecule has 0 saturated carbocycles. The maximum Gasteiger partial charge on any atom is 0.228 e. The van der Waals surface area contributed by atoms with Crippen LogP contribution in [0.4, 0.5) is 5.82 Å². The van der Waals surface area contributed by atoms with Crippen LogP contribution in [0.1, 0.15) is 12.1 Å². The first-order valence-electron chi connectivity index (χ1n) is 6.25. The van der Waals surface area contributed by atoms with E-state index < -0.39 is 0 Å². The fourth-order valence-electron chi connectivity index (χ4n) is 1.61. The van der Waals surface area contributed by atoms with Crippen molar-refractivity contribution in [3.8, 4) is 5.75 Å². The van der Waals surface area contributed by atoms with E-state index >= 15 is 0 Å². The summed E-state index contributed by atoms with van der Waals surface area (Å²) >= 11 is 5.77. The minimum absolute atomic E-state index is 0.128. The van der Waals surface area contributed by atoms with Crippen LogP contribution in [0.2, 0.25) is 5.02 Å². The van der Waals surface area contributed by atoms with Crippen LogP contribution in [0.3, 0.4) is 0 Å². The summed E-state index contributed by atoms with van der Waals surface area (Å²) in [5.41, 5.74) is 0.861. The number of carbonyl (C=O) groups excluding carboxylic acids is 1. The SMILES string of the molecule is Cc1cccc(NC(=O)CCOc2ccc(Cl)cc2)n1. The second kappa shape index (κ2) is 6.91. The number of nitrogens with zero attached hydrogens (tertiary/aromatic N) is 1. The summed E-state index contributed by atoms with van der Waals surface area (Å²) in [4.78, 5) is 15.9. The molecule has 1 amide bonds. The second-order valence-corrected chi connectivity index (χ2v) is 4.70. The van der Waals surface area contributed by atoms with E-state index in [-0.39, 0.29) is 12.3 Å². The summed E-state index contributed by atoms with van der Waals surface area (Å²) in [6.45, 7) is 2.18. The summed E-state index contributed by atoms with van der Waals surface area (Å²) in [5.74, 6) is 1.12. The van der Waals surface area contributed by atoms with Crippen LogP contribution in [-0.2, 0) is 4.79 Å². The highest BCUT2D eigenvalue weighted by Gasteiger charge is 2.04. The number of amides is 1. The van der Waals surface area contributed by atoms with Crippen LogP contribution in [0.5, 0.6) is 5.75 Å². The first kappa shape index (κ1) is 14.3. The van der Waals surface area contributed by atoms with Gasteiger partial charge in [-0.05, 0) is 43.3 Å². The van der Waals surface area contributed by atoms with E-state index in [0.29, 0.717) is 23.2 Å². The van der Waals surface area contributed by atoms with Crippen molar-refractivity contribution >= 4 is 23.3 Å². The predicted octanol–water partition coefficient (Wildman–Crippen LogP) is 3.45. The molecule has 0 radical (unpaired) electrons. The smallest absolute Gasteiger partial charge is 0.228 e. The van der Waals surface area contributed by atoms with E-state index in [9.17, 15) is 4.79 Å². The molecule has 1 aromatic heterocycles. The van der Waals surface area contributed by atoms with Gasteiger partial charge in [0.25, 0.3) is 0 Å². The maximum atomic E-state index is 11.7. The van der Waals surface area contributed by atoms with Crippen LogP contribution in [0, 0.1) is 6.92 Å². The van der Waals surface area contributed by atoms with Crippen molar-refractivity contribution < 1.29 is 9.53 Å². The second-order valence-electron chi connectivity index (χ2n) is 4.26. The molecule has 1 aromatic carbocycles. The largest absolute Gasteiger partial charge is 0.493 e. The number of rotatable bonds is 5. The number of aryl methyl sites for hydroxylation is 1. The Kier molecular flexibility index (Phi) is 4.96. The lowest BCUT2D eigenvalue weighted by atomic mass is 10.3. The molecule has 4 nitrogen and oxygen atoms in total. The zero-order valence-electron chi connectivity index (χ0n) is 11.1. The number of carbonyl (C=O) groups is 1. The van der Waals surface area contributed by atoms with E-state index in [4.69, 9.17) is 16.3 Å². The van der Waals surface area contributed by atoms with Gasteiger partial charge in [0.05, 0.1) is 13.0 Å². The maximum absolute atomic E-state index is 11.7. The fourth-order valence-corrected chi connectivity index (χ4v) is 1.74. The third kappa shape index (κ3) is 4.55. The molecule has 2 rings (SSSR count). The molecule has 104 valence electrons. The first-order chi connectivity index (χ1) is 9.63. The fraction of sp³-hybridized carbons (Fsp3) is 0.200. The van der Waals surface area contributed by atoms with Gasteiger partial charge in [-0.25, -0.2) is 4.98 Å². The summed E-state index contributed by atoms with van der Waals surface area (Å²) < 4.78 is 5.45. The number of anilines is 1. The molecule has 1 heterocycles. The molecule has 0 bridgehead atoms. The standard InChI is InChI=1S/C15H15ClN2O2/c1-11-3-2-4-14(17-11)18-15(19)9-10-20-13-7-5-12(16)6-8-13/h2-8H,9-10H2,1H3,(H,17,18,19). The minimum Gasteiger partial charge on any atom is -0.493 e. The number of benzene rings is 1. The van der Waals surface area contributed by atoms with Crippen LogP contribution in [0.15, 0.2) is 42.5 Å². The van der Waals surface area contributed by atoms with Crippen molar-refractivity contribution in [3.05, 3.63) is 53.2 Å². The van der Waals surface area contributed by atoms with Gasteiger partial charge in [0.2, 0.25) is 5.91 Å². The topological polar surface area (TPSA) is 51.2 Å². The normalized spacial score (nSPS) is 10.1. The third-order valence-corrected chi connectivity index (χ3v) is 2.82. The van der Waals surface area contributed by atoms with Crippen LogP contribution in [-0.4, -0.2) is 17.5 Å². The highest BCUT2D eigenvalue weighted by Crippen LogP contribution is 2.15. The van der Waals surface area contributed by atoms with Gasteiger partial charge in [0.15, 0.2) is 0 Å². The number of ether oxygens (including phenoxy) is 1. The molecule has 0 aliphatic carbocycles. The molecule has 0 atom stereocenters. The van der Waals surface area contributed by atoms with E-state index in [0.717, 1.165) is 5.69 Å². The van der Waals surface area contributed by atoms with Gasteiger partial charge in [-0.1, -0.05) is 17.7 Å². The molecule has 2 aromatic rings. The van der Waals surface area contributed by atoms with Crippen molar-refractivity contribution in [2.75, 3.05) is 11.9 Å². The van der Waals surface area contributed by atoms with Gasteiger partial charge < -0.3 is 10.1 Å². The van der Waals surface area contributed by atoms with Gasteiger partial charge in [-0.2, -0.15) is 0 Å². The Balaban J connectivity index is 1.76. The summed E-state index contributed by atoms with van der Waals surface area (Å²) in [7, 11) is 0. The third-order valence-electron chi connectivity index (χ3n) is 2.57. The Morgan fingerprint density at radius 3 is 2.70 bits per heavy atom. The Bertz CT molecular complexity index is 585. The van der Waals surface area contributed by atoms with Gasteiger partial charge in [-0.3, -0.25) is 4.79 Å². The number of halogens is 1. The van der Waals surface area contributed by atoms with Crippen molar-refractivity contribution in [2.24, 2.45) is 0 Å². The van der Waals surface area contributed by atoms with Crippen LogP contribution >= 0.6 is 11.6 Å². The molecule has 1 N–H and O–H groups in total. The minimum atomic E-state index is -0.128. The molecular weight excluding hydrogens is 276 g/mol. The predicted molar refractivity (Wildman–Crippen MR) is 79.2 cm³/mol. The number of aromatic nitrogens is 1. The van der Waals surface area contributed by atoms with Gasteiger partial charge in [-0.15, -0.1) is 0 Å². The summed E-state index contributed by atoms with van der Waals surface area (Å²) in [6, 6.07) is 12.5. The highest BCUT2D eigenvalue weighted by atomic mass is 35.5. The van der Waals surface area contributed by atoms with E-state index in [1.807, 2.05) is 19.1 Å². The van der Waals surface area contributed by atoms with E-state index in [1.165, 1.54) is 0 Å². The van der Waals surface area contributed by atoms with Crippen LogP contribution in [0.25, 0.3) is 0 Å². The van der Waals surface area contributed by atoms with Crippen molar-refractivity contribution in [2.45, 2.75) is 13.3 Å². The monoisotopic (exact) mass is 290 g/mol. The molecule has 20 heavy (non-hydrogen) atoms. The van der Waals surface area contributed by atoms with Crippen molar-refractivity contribution in [1.82, 2.24) is 4.98 Å².